The number of hydrogen-bond acceptors (Lipinski definition) is 2. The summed E-state index contributed by atoms with van der Waals surface area (Å²) in [6.07, 6.45) is 6.56. The Hall–Kier alpha value is -0.830. The van der Waals surface area contributed by atoms with Crippen LogP contribution in [0.25, 0.3) is 0 Å². The molecule has 3 nitrogen and oxygen atoms in total. The van der Waals surface area contributed by atoms with E-state index >= 15 is 0 Å². The van der Waals surface area contributed by atoms with Gasteiger partial charge in [-0.15, -0.1) is 0 Å². The molecule has 1 aromatic heterocycles. The zero-order valence-corrected chi connectivity index (χ0v) is 7.16. The highest BCUT2D eigenvalue weighted by Crippen LogP contribution is 2.30. The standard InChI is InChI=1S/C9H15N3/c10-8-3-1-7(2-4-8)9-5-6-11-12-9/h5-8H,1-4,10H2,(H,11,12). The molecule has 0 amide bonds. The van der Waals surface area contributed by atoms with Gasteiger partial charge in [0.05, 0.1) is 0 Å². The summed E-state index contributed by atoms with van der Waals surface area (Å²) < 4.78 is 0. The molecule has 0 atom stereocenters. The Balaban J connectivity index is 1.99. The molecule has 1 heterocycles. The van der Waals surface area contributed by atoms with Crippen molar-refractivity contribution < 1.29 is 0 Å². The van der Waals surface area contributed by atoms with E-state index in [2.05, 4.69) is 16.3 Å². The molecule has 0 aliphatic heterocycles. The van der Waals surface area contributed by atoms with Gasteiger partial charge < -0.3 is 5.73 Å². The zero-order chi connectivity index (χ0) is 8.39. The Kier molecular flexibility index (Phi) is 2.13. The van der Waals surface area contributed by atoms with Crippen molar-refractivity contribution in [2.24, 2.45) is 5.73 Å². The van der Waals surface area contributed by atoms with Crippen molar-refractivity contribution in [1.82, 2.24) is 10.2 Å². The first-order valence-corrected chi connectivity index (χ1v) is 4.61. The number of nitrogens with one attached hydrogen (secondary N) is 1. The highest BCUT2D eigenvalue weighted by molar-refractivity contribution is 5.06. The van der Waals surface area contributed by atoms with E-state index < -0.39 is 0 Å². The van der Waals surface area contributed by atoms with E-state index in [9.17, 15) is 0 Å². The van der Waals surface area contributed by atoms with Crippen molar-refractivity contribution in [1.29, 1.82) is 0 Å². The maximum atomic E-state index is 5.82. The maximum absolute atomic E-state index is 5.82. The van der Waals surface area contributed by atoms with Crippen LogP contribution < -0.4 is 5.73 Å². The van der Waals surface area contributed by atoms with E-state index in [1.54, 1.807) is 0 Å². The van der Waals surface area contributed by atoms with E-state index in [0.29, 0.717) is 12.0 Å². The van der Waals surface area contributed by atoms with Crippen LogP contribution in [0.15, 0.2) is 12.3 Å². The minimum absolute atomic E-state index is 0.434. The minimum atomic E-state index is 0.434. The third-order valence-electron chi connectivity index (χ3n) is 2.73. The Morgan fingerprint density at radius 2 is 2.08 bits per heavy atom. The monoisotopic (exact) mass is 165 g/mol. The van der Waals surface area contributed by atoms with Gasteiger partial charge in [0.25, 0.3) is 0 Å². The van der Waals surface area contributed by atoms with Gasteiger partial charge in [-0.05, 0) is 31.7 Å². The molecule has 3 N–H and O–H groups in total. The molecule has 0 radical (unpaired) electrons. The Labute approximate surface area is 72.4 Å². The summed E-state index contributed by atoms with van der Waals surface area (Å²) in [5.74, 6) is 0.673. The first-order valence-electron chi connectivity index (χ1n) is 4.61. The SMILES string of the molecule is NC1CCC(c2ccn[nH]2)CC1. The molecule has 0 saturated heterocycles. The molecule has 1 saturated carbocycles. The fourth-order valence-electron chi connectivity index (χ4n) is 1.92. The summed E-state index contributed by atoms with van der Waals surface area (Å²) in [7, 11) is 0. The molecule has 66 valence electrons. The number of nitrogens with two attached hydrogens (primary N) is 1. The lowest BCUT2D eigenvalue weighted by atomic mass is 9.85. The van der Waals surface area contributed by atoms with Crippen LogP contribution >= 0.6 is 0 Å². The molecule has 12 heavy (non-hydrogen) atoms. The van der Waals surface area contributed by atoms with E-state index in [1.807, 2.05) is 6.20 Å². The predicted molar refractivity (Wildman–Crippen MR) is 47.8 cm³/mol. The zero-order valence-electron chi connectivity index (χ0n) is 7.16. The molecule has 1 fully saturated rings. The van der Waals surface area contributed by atoms with Gasteiger partial charge in [0.1, 0.15) is 0 Å². The van der Waals surface area contributed by atoms with Gasteiger partial charge in [0.15, 0.2) is 0 Å². The number of aromatic nitrogens is 2. The van der Waals surface area contributed by atoms with Crippen LogP contribution in [-0.2, 0) is 0 Å². The highest BCUT2D eigenvalue weighted by atomic mass is 15.1. The fourth-order valence-corrected chi connectivity index (χ4v) is 1.92. The van der Waals surface area contributed by atoms with Gasteiger partial charge in [0.2, 0.25) is 0 Å². The summed E-state index contributed by atoms with van der Waals surface area (Å²) in [6.45, 7) is 0. The maximum Gasteiger partial charge on any atom is 0.0490 e. The summed E-state index contributed by atoms with van der Waals surface area (Å²) in [5, 5.41) is 6.99. The number of nitrogens with zero attached hydrogens (tertiary/aromatic N) is 1. The first kappa shape index (κ1) is 7.80. The van der Waals surface area contributed by atoms with E-state index in [-0.39, 0.29) is 0 Å². The van der Waals surface area contributed by atoms with Gasteiger partial charge in [-0.2, -0.15) is 5.10 Å². The van der Waals surface area contributed by atoms with Gasteiger partial charge in [-0.25, -0.2) is 0 Å². The fraction of sp³-hybridized carbons (Fsp3) is 0.667. The lowest BCUT2D eigenvalue weighted by Gasteiger charge is -2.24. The third-order valence-corrected chi connectivity index (χ3v) is 2.73. The van der Waals surface area contributed by atoms with Crippen molar-refractivity contribution in [2.45, 2.75) is 37.6 Å². The quantitative estimate of drug-likeness (QED) is 0.660. The van der Waals surface area contributed by atoms with Crippen LogP contribution in [-0.4, -0.2) is 16.2 Å². The normalized spacial score (nSPS) is 30.4. The Morgan fingerprint density at radius 3 is 2.67 bits per heavy atom. The second-order valence-electron chi connectivity index (χ2n) is 3.62. The summed E-state index contributed by atoms with van der Waals surface area (Å²) >= 11 is 0. The summed E-state index contributed by atoms with van der Waals surface area (Å²) in [5.41, 5.74) is 7.10. The average molecular weight is 165 g/mol. The van der Waals surface area contributed by atoms with E-state index in [0.717, 1.165) is 12.8 Å². The number of aromatic amines is 1. The molecule has 0 spiro atoms. The smallest absolute Gasteiger partial charge is 0.0490 e. The van der Waals surface area contributed by atoms with Crippen molar-refractivity contribution in [3.63, 3.8) is 0 Å². The molecular weight excluding hydrogens is 150 g/mol. The second kappa shape index (κ2) is 3.27. The molecule has 2 rings (SSSR count). The van der Waals surface area contributed by atoms with Crippen molar-refractivity contribution >= 4 is 0 Å². The molecule has 1 aliphatic carbocycles. The molecule has 3 heteroatoms. The third kappa shape index (κ3) is 1.50. The van der Waals surface area contributed by atoms with Crippen molar-refractivity contribution in [3.8, 4) is 0 Å². The van der Waals surface area contributed by atoms with Gasteiger partial charge in [-0.1, -0.05) is 0 Å². The lowest BCUT2D eigenvalue weighted by Crippen LogP contribution is -2.25. The van der Waals surface area contributed by atoms with Crippen LogP contribution in [0.1, 0.15) is 37.3 Å². The largest absolute Gasteiger partial charge is 0.328 e. The molecule has 1 aromatic rings. The number of hydrogen-bond donors (Lipinski definition) is 2. The molecular formula is C9H15N3. The van der Waals surface area contributed by atoms with Gasteiger partial charge in [0, 0.05) is 23.9 Å². The van der Waals surface area contributed by atoms with Gasteiger partial charge in [-0.3, -0.25) is 5.10 Å². The summed E-state index contributed by atoms with van der Waals surface area (Å²) in [4.78, 5) is 0. The second-order valence-corrected chi connectivity index (χ2v) is 3.62. The molecule has 0 unspecified atom stereocenters. The van der Waals surface area contributed by atoms with E-state index in [4.69, 9.17) is 5.73 Å². The molecule has 0 aromatic carbocycles. The molecule has 0 bridgehead atoms. The molecule has 1 aliphatic rings. The minimum Gasteiger partial charge on any atom is -0.328 e. The Morgan fingerprint density at radius 1 is 1.33 bits per heavy atom. The average Bonchev–Trinajstić information content (AvgIpc) is 2.58. The Bertz CT molecular complexity index is 222. The highest BCUT2D eigenvalue weighted by Gasteiger charge is 2.20. The van der Waals surface area contributed by atoms with Crippen molar-refractivity contribution in [2.75, 3.05) is 0 Å². The van der Waals surface area contributed by atoms with Crippen molar-refractivity contribution in [3.05, 3.63) is 18.0 Å². The number of rotatable bonds is 1. The van der Waals surface area contributed by atoms with Crippen LogP contribution in [0.3, 0.4) is 0 Å². The topological polar surface area (TPSA) is 54.7 Å². The lowest BCUT2D eigenvalue weighted by molar-refractivity contribution is 0.390. The van der Waals surface area contributed by atoms with Crippen LogP contribution in [0, 0.1) is 0 Å². The number of H-pyrrole nitrogens is 1. The van der Waals surface area contributed by atoms with Crippen LogP contribution in [0.5, 0.6) is 0 Å². The first-order chi connectivity index (χ1) is 5.86. The van der Waals surface area contributed by atoms with Crippen LogP contribution in [0.4, 0.5) is 0 Å². The van der Waals surface area contributed by atoms with Crippen LogP contribution in [0.2, 0.25) is 0 Å². The van der Waals surface area contributed by atoms with E-state index in [1.165, 1.54) is 18.5 Å². The predicted octanol–water partition coefficient (Wildman–Crippen LogP) is 1.39. The van der Waals surface area contributed by atoms with Gasteiger partial charge >= 0.3 is 0 Å². The summed E-state index contributed by atoms with van der Waals surface area (Å²) in [6, 6.07) is 2.51.